The van der Waals surface area contributed by atoms with Crippen LogP contribution in [0, 0.1) is 6.92 Å². The van der Waals surface area contributed by atoms with Crippen LogP contribution in [0.3, 0.4) is 0 Å². The van der Waals surface area contributed by atoms with E-state index in [0.717, 1.165) is 22.2 Å². The molecule has 0 fully saturated rings. The number of anilines is 1. The van der Waals surface area contributed by atoms with Crippen molar-refractivity contribution < 1.29 is 19.1 Å². The number of esters is 1. The van der Waals surface area contributed by atoms with Crippen LogP contribution in [0.4, 0.5) is 5.69 Å². The average Bonchev–Trinajstić information content (AvgIpc) is 2.97. The van der Waals surface area contributed by atoms with E-state index >= 15 is 0 Å². The van der Waals surface area contributed by atoms with Crippen LogP contribution >= 0.6 is 0 Å². The molecule has 0 radical (unpaired) electrons. The average molecular weight is 338 g/mol. The van der Waals surface area contributed by atoms with E-state index < -0.39 is 5.97 Å². The number of aryl methyl sites for hydroxylation is 1. The lowest BCUT2D eigenvalue weighted by Gasteiger charge is -2.06. The summed E-state index contributed by atoms with van der Waals surface area (Å²) in [6.45, 7) is 1.89. The molecular weight excluding hydrogens is 320 g/mol. The molecule has 0 aliphatic rings. The standard InChI is InChI=1S/C19H18N2O4/c1-11-15-9-8-14(24-2)10-16(15)21-17(11)18(22)20-13-6-4-12(5-7-13)19(23)25-3/h4-10,21H,1-3H3,(H,20,22). The Balaban J connectivity index is 1.84. The van der Waals surface area contributed by atoms with Gasteiger partial charge >= 0.3 is 5.97 Å². The van der Waals surface area contributed by atoms with Gasteiger partial charge in [-0.2, -0.15) is 0 Å². The van der Waals surface area contributed by atoms with E-state index in [0.29, 0.717) is 16.9 Å². The molecule has 2 aromatic carbocycles. The Bertz CT molecular complexity index is 942. The highest BCUT2D eigenvalue weighted by Gasteiger charge is 2.15. The number of hydrogen-bond donors (Lipinski definition) is 2. The third kappa shape index (κ3) is 3.19. The van der Waals surface area contributed by atoms with Crippen LogP contribution in [0.25, 0.3) is 10.9 Å². The predicted octanol–water partition coefficient (Wildman–Crippen LogP) is 3.52. The van der Waals surface area contributed by atoms with Gasteiger partial charge in [-0.1, -0.05) is 0 Å². The fourth-order valence-electron chi connectivity index (χ4n) is 2.67. The number of rotatable bonds is 4. The lowest BCUT2D eigenvalue weighted by Crippen LogP contribution is -2.13. The van der Waals surface area contributed by atoms with Crippen molar-refractivity contribution in [1.82, 2.24) is 4.98 Å². The minimum Gasteiger partial charge on any atom is -0.497 e. The molecule has 3 rings (SSSR count). The van der Waals surface area contributed by atoms with Gasteiger partial charge < -0.3 is 19.8 Å². The predicted molar refractivity (Wildman–Crippen MR) is 95.3 cm³/mol. The molecule has 6 heteroatoms. The summed E-state index contributed by atoms with van der Waals surface area (Å²) >= 11 is 0. The summed E-state index contributed by atoms with van der Waals surface area (Å²) in [7, 11) is 2.92. The zero-order valence-electron chi connectivity index (χ0n) is 14.2. The first-order valence-corrected chi connectivity index (χ1v) is 7.69. The Morgan fingerprint density at radius 3 is 2.40 bits per heavy atom. The molecule has 0 aliphatic heterocycles. The molecule has 3 aromatic rings. The minimum absolute atomic E-state index is 0.251. The number of amides is 1. The minimum atomic E-state index is -0.418. The van der Waals surface area contributed by atoms with E-state index in [9.17, 15) is 9.59 Å². The number of nitrogens with one attached hydrogen (secondary N) is 2. The van der Waals surface area contributed by atoms with Gasteiger partial charge in [-0.25, -0.2) is 4.79 Å². The molecule has 1 heterocycles. The third-order valence-electron chi connectivity index (χ3n) is 4.06. The van der Waals surface area contributed by atoms with Crippen molar-refractivity contribution in [3.63, 3.8) is 0 Å². The first-order chi connectivity index (χ1) is 12.0. The van der Waals surface area contributed by atoms with E-state index in [2.05, 4.69) is 15.0 Å². The van der Waals surface area contributed by atoms with Gasteiger partial charge in [-0.15, -0.1) is 0 Å². The molecule has 1 aromatic heterocycles. The topological polar surface area (TPSA) is 80.4 Å². The Kier molecular flexibility index (Phi) is 4.43. The molecule has 0 atom stereocenters. The second-order valence-electron chi connectivity index (χ2n) is 5.56. The van der Waals surface area contributed by atoms with Crippen molar-refractivity contribution >= 4 is 28.5 Å². The van der Waals surface area contributed by atoms with Gasteiger partial charge in [0.15, 0.2) is 0 Å². The molecule has 0 aliphatic carbocycles. The van der Waals surface area contributed by atoms with E-state index in [-0.39, 0.29) is 5.91 Å². The maximum absolute atomic E-state index is 12.6. The van der Waals surface area contributed by atoms with E-state index in [4.69, 9.17) is 4.74 Å². The second kappa shape index (κ2) is 6.68. The van der Waals surface area contributed by atoms with Crippen LogP contribution in [-0.4, -0.2) is 31.1 Å². The van der Waals surface area contributed by atoms with Gasteiger partial charge in [0.1, 0.15) is 11.4 Å². The number of carbonyl (C=O) groups is 2. The molecule has 2 N–H and O–H groups in total. The number of benzene rings is 2. The van der Waals surface area contributed by atoms with Crippen LogP contribution in [0.15, 0.2) is 42.5 Å². The Hall–Kier alpha value is -3.28. The highest BCUT2D eigenvalue weighted by atomic mass is 16.5. The SMILES string of the molecule is COC(=O)c1ccc(NC(=O)c2[nH]c3cc(OC)ccc3c2C)cc1. The molecular formula is C19H18N2O4. The summed E-state index contributed by atoms with van der Waals surface area (Å²) in [4.78, 5) is 27.1. The van der Waals surface area contributed by atoms with Crippen molar-refractivity contribution in [2.45, 2.75) is 6.92 Å². The van der Waals surface area contributed by atoms with E-state index in [1.165, 1.54) is 7.11 Å². The van der Waals surface area contributed by atoms with Gasteiger partial charge in [0.05, 0.1) is 19.8 Å². The molecule has 128 valence electrons. The number of methoxy groups -OCH3 is 2. The maximum atomic E-state index is 12.6. The van der Waals surface area contributed by atoms with Crippen LogP contribution < -0.4 is 10.1 Å². The Labute approximate surface area is 144 Å². The number of fused-ring (bicyclic) bond motifs is 1. The smallest absolute Gasteiger partial charge is 0.337 e. The first kappa shape index (κ1) is 16.6. The van der Waals surface area contributed by atoms with Gasteiger partial charge in [-0.05, 0) is 48.9 Å². The number of ether oxygens (including phenoxy) is 2. The molecule has 0 saturated heterocycles. The van der Waals surface area contributed by atoms with Crippen molar-refractivity contribution in [3.05, 3.63) is 59.3 Å². The summed E-state index contributed by atoms with van der Waals surface area (Å²) in [6, 6.07) is 12.1. The third-order valence-corrected chi connectivity index (χ3v) is 4.06. The molecule has 1 amide bonds. The number of aromatic amines is 1. The molecule has 0 spiro atoms. The van der Waals surface area contributed by atoms with Crippen LogP contribution in [0.5, 0.6) is 5.75 Å². The van der Waals surface area contributed by atoms with Gasteiger partial charge in [0.2, 0.25) is 0 Å². The molecule has 0 unspecified atom stereocenters. The quantitative estimate of drug-likeness (QED) is 0.713. The number of carbonyl (C=O) groups excluding carboxylic acids is 2. The van der Waals surface area contributed by atoms with Crippen molar-refractivity contribution in [3.8, 4) is 5.75 Å². The lowest BCUT2D eigenvalue weighted by atomic mass is 10.1. The second-order valence-corrected chi connectivity index (χ2v) is 5.56. The molecule has 0 bridgehead atoms. The zero-order chi connectivity index (χ0) is 18.0. The molecule has 25 heavy (non-hydrogen) atoms. The fourth-order valence-corrected chi connectivity index (χ4v) is 2.67. The monoisotopic (exact) mass is 338 g/mol. The van der Waals surface area contributed by atoms with Gasteiger partial charge in [0, 0.05) is 22.7 Å². The first-order valence-electron chi connectivity index (χ1n) is 7.69. The van der Waals surface area contributed by atoms with E-state index in [1.54, 1.807) is 31.4 Å². The van der Waals surface area contributed by atoms with E-state index in [1.807, 2.05) is 25.1 Å². The highest BCUT2D eigenvalue weighted by molar-refractivity contribution is 6.08. The lowest BCUT2D eigenvalue weighted by molar-refractivity contribution is 0.0600. The van der Waals surface area contributed by atoms with Crippen LogP contribution in [0.2, 0.25) is 0 Å². The summed E-state index contributed by atoms with van der Waals surface area (Å²) in [5, 5.41) is 3.78. The zero-order valence-corrected chi connectivity index (χ0v) is 14.2. The Morgan fingerprint density at radius 2 is 1.76 bits per heavy atom. The summed E-state index contributed by atoms with van der Waals surface area (Å²) in [5.74, 6) is 0.0517. The number of H-pyrrole nitrogens is 1. The molecule has 6 nitrogen and oxygen atoms in total. The number of hydrogen-bond acceptors (Lipinski definition) is 4. The van der Waals surface area contributed by atoms with Crippen LogP contribution in [0.1, 0.15) is 26.4 Å². The van der Waals surface area contributed by atoms with Crippen molar-refractivity contribution in [2.75, 3.05) is 19.5 Å². The summed E-state index contributed by atoms with van der Waals surface area (Å²) in [5.41, 5.74) is 3.20. The Morgan fingerprint density at radius 1 is 1.04 bits per heavy atom. The van der Waals surface area contributed by atoms with Crippen LogP contribution in [-0.2, 0) is 4.74 Å². The molecule has 0 saturated carbocycles. The normalized spacial score (nSPS) is 10.5. The largest absolute Gasteiger partial charge is 0.497 e. The van der Waals surface area contributed by atoms with Gasteiger partial charge in [-0.3, -0.25) is 4.79 Å². The van der Waals surface area contributed by atoms with Crippen molar-refractivity contribution in [2.24, 2.45) is 0 Å². The summed E-state index contributed by atoms with van der Waals surface area (Å²) in [6.07, 6.45) is 0. The maximum Gasteiger partial charge on any atom is 0.337 e. The summed E-state index contributed by atoms with van der Waals surface area (Å²) < 4.78 is 9.86. The highest BCUT2D eigenvalue weighted by Crippen LogP contribution is 2.26. The fraction of sp³-hybridized carbons (Fsp3) is 0.158. The van der Waals surface area contributed by atoms with Crippen molar-refractivity contribution in [1.29, 1.82) is 0 Å². The number of aromatic nitrogens is 1. The van der Waals surface area contributed by atoms with Gasteiger partial charge in [0.25, 0.3) is 5.91 Å².